The minimum atomic E-state index is -2.89. The first kappa shape index (κ1) is 16.2. The average Bonchev–Trinajstić information content (AvgIpc) is 3.10. The molecule has 3 heterocycles. The summed E-state index contributed by atoms with van der Waals surface area (Å²) in [4.78, 5) is 6.35. The molecule has 7 heteroatoms. The van der Waals surface area contributed by atoms with Gasteiger partial charge in [0.15, 0.2) is 9.84 Å². The highest BCUT2D eigenvalue weighted by Crippen LogP contribution is 2.23. The van der Waals surface area contributed by atoms with Crippen molar-refractivity contribution in [2.45, 2.75) is 38.0 Å². The first-order valence-corrected chi connectivity index (χ1v) is 9.88. The van der Waals surface area contributed by atoms with Crippen molar-refractivity contribution < 1.29 is 13.2 Å². The van der Waals surface area contributed by atoms with E-state index in [2.05, 4.69) is 9.88 Å². The third kappa shape index (κ3) is 4.19. The number of pyridine rings is 1. The van der Waals surface area contributed by atoms with E-state index in [0.717, 1.165) is 31.6 Å². The van der Waals surface area contributed by atoms with Gasteiger partial charge in [-0.2, -0.15) is 0 Å². The number of nitrogens with zero attached hydrogens (tertiary/aromatic N) is 2. The molecule has 0 bridgehead atoms. The minimum Gasteiger partial charge on any atom is -0.377 e. The molecule has 1 aromatic rings. The molecule has 2 fully saturated rings. The molecule has 2 aliphatic heterocycles. The summed E-state index contributed by atoms with van der Waals surface area (Å²) in [7, 11) is -2.89. The Morgan fingerprint density at radius 3 is 2.82 bits per heavy atom. The number of hydrogen-bond donors (Lipinski definition) is 0. The van der Waals surface area contributed by atoms with Gasteiger partial charge in [0, 0.05) is 31.9 Å². The molecule has 0 saturated carbocycles. The van der Waals surface area contributed by atoms with Crippen LogP contribution in [-0.2, 0) is 21.1 Å². The fourth-order valence-corrected chi connectivity index (χ4v) is 5.06. The largest absolute Gasteiger partial charge is 0.377 e. The summed E-state index contributed by atoms with van der Waals surface area (Å²) in [6.45, 7) is 2.27. The van der Waals surface area contributed by atoms with Gasteiger partial charge in [-0.05, 0) is 30.9 Å². The van der Waals surface area contributed by atoms with E-state index in [9.17, 15) is 8.42 Å². The Bertz CT molecular complexity index is 600. The third-order valence-electron chi connectivity index (χ3n) is 4.36. The molecule has 1 aromatic heterocycles. The summed E-state index contributed by atoms with van der Waals surface area (Å²) in [5.74, 6) is 0.541. The number of rotatable bonds is 5. The smallest absolute Gasteiger partial charge is 0.151 e. The first-order chi connectivity index (χ1) is 10.5. The van der Waals surface area contributed by atoms with Crippen LogP contribution in [0.2, 0.25) is 5.15 Å². The second-order valence-electron chi connectivity index (χ2n) is 6.11. The van der Waals surface area contributed by atoms with Gasteiger partial charge in [0.2, 0.25) is 0 Å². The van der Waals surface area contributed by atoms with Crippen molar-refractivity contribution in [2.75, 3.05) is 24.7 Å². The fourth-order valence-electron chi connectivity index (χ4n) is 3.19. The minimum absolute atomic E-state index is 0.0740. The predicted molar refractivity (Wildman–Crippen MR) is 85.7 cm³/mol. The van der Waals surface area contributed by atoms with Crippen molar-refractivity contribution in [1.29, 1.82) is 0 Å². The van der Waals surface area contributed by atoms with Gasteiger partial charge in [0.1, 0.15) is 5.15 Å². The number of ether oxygens (including phenoxy) is 1. The summed E-state index contributed by atoms with van der Waals surface area (Å²) in [6, 6.07) is 3.79. The Balaban J connectivity index is 1.71. The van der Waals surface area contributed by atoms with E-state index in [0.29, 0.717) is 23.9 Å². The van der Waals surface area contributed by atoms with E-state index in [-0.39, 0.29) is 17.9 Å². The van der Waals surface area contributed by atoms with Crippen LogP contribution in [0, 0.1) is 0 Å². The van der Waals surface area contributed by atoms with E-state index in [1.54, 1.807) is 12.3 Å². The zero-order valence-corrected chi connectivity index (χ0v) is 14.0. The molecule has 5 nitrogen and oxygen atoms in total. The highest BCUT2D eigenvalue weighted by molar-refractivity contribution is 7.91. The number of halogens is 1. The molecule has 2 unspecified atom stereocenters. The molecule has 2 aliphatic rings. The van der Waals surface area contributed by atoms with Crippen molar-refractivity contribution >= 4 is 21.4 Å². The van der Waals surface area contributed by atoms with Crippen molar-refractivity contribution in [3.63, 3.8) is 0 Å². The number of hydrogen-bond acceptors (Lipinski definition) is 5. The van der Waals surface area contributed by atoms with E-state index >= 15 is 0 Å². The Morgan fingerprint density at radius 1 is 1.36 bits per heavy atom. The van der Waals surface area contributed by atoms with Crippen LogP contribution in [0.5, 0.6) is 0 Å². The van der Waals surface area contributed by atoms with Crippen LogP contribution in [-0.4, -0.2) is 55.1 Å². The zero-order valence-electron chi connectivity index (χ0n) is 12.4. The second kappa shape index (κ2) is 6.83. The van der Waals surface area contributed by atoms with Crippen LogP contribution in [0.25, 0.3) is 0 Å². The van der Waals surface area contributed by atoms with Crippen LogP contribution in [0.1, 0.15) is 24.8 Å². The lowest BCUT2D eigenvalue weighted by Crippen LogP contribution is -2.40. The topological polar surface area (TPSA) is 59.5 Å². The lowest BCUT2D eigenvalue weighted by atomic mass is 10.1. The Kier molecular flexibility index (Phi) is 5.02. The zero-order chi connectivity index (χ0) is 15.6. The molecule has 0 spiro atoms. The molecule has 0 radical (unpaired) electrons. The van der Waals surface area contributed by atoms with Gasteiger partial charge in [-0.25, -0.2) is 13.4 Å². The fraction of sp³-hybridized carbons (Fsp3) is 0.667. The predicted octanol–water partition coefficient (Wildman–Crippen LogP) is 1.90. The quantitative estimate of drug-likeness (QED) is 0.763. The second-order valence-corrected chi connectivity index (χ2v) is 8.73. The summed E-state index contributed by atoms with van der Waals surface area (Å²) >= 11 is 5.83. The highest BCUT2D eigenvalue weighted by Gasteiger charge is 2.33. The summed E-state index contributed by atoms with van der Waals surface area (Å²) in [6.07, 6.45) is 4.81. The molecule has 3 rings (SSSR count). The van der Waals surface area contributed by atoms with E-state index in [1.165, 1.54) is 0 Å². The van der Waals surface area contributed by atoms with Gasteiger partial charge >= 0.3 is 0 Å². The monoisotopic (exact) mass is 344 g/mol. The van der Waals surface area contributed by atoms with Crippen LogP contribution in [0.3, 0.4) is 0 Å². The van der Waals surface area contributed by atoms with Gasteiger partial charge in [-0.15, -0.1) is 0 Å². The van der Waals surface area contributed by atoms with Gasteiger partial charge in [0.25, 0.3) is 0 Å². The molecule has 122 valence electrons. The summed E-state index contributed by atoms with van der Waals surface area (Å²) < 4.78 is 29.3. The van der Waals surface area contributed by atoms with Gasteiger partial charge in [0.05, 0.1) is 17.6 Å². The summed E-state index contributed by atoms with van der Waals surface area (Å²) in [5, 5.41) is 0.470. The van der Waals surface area contributed by atoms with Crippen LogP contribution in [0.15, 0.2) is 18.3 Å². The maximum Gasteiger partial charge on any atom is 0.151 e. The van der Waals surface area contributed by atoms with Crippen LogP contribution < -0.4 is 0 Å². The highest BCUT2D eigenvalue weighted by atomic mass is 35.5. The van der Waals surface area contributed by atoms with Crippen molar-refractivity contribution in [3.05, 3.63) is 29.0 Å². The van der Waals surface area contributed by atoms with Crippen molar-refractivity contribution in [3.8, 4) is 0 Å². The molecule has 0 aliphatic carbocycles. The lowest BCUT2D eigenvalue weighted by Gasteiger charge is -2.30. The Morgan fingerprint density at radius 2 is 2.23 bits per heavy atom. The van der Waals surface area contributed by atoms with E-state index in [1.807, 2.05) is 6.07 Å². The van der Waals surface area contributed by atoms with Gasteiger partial charge in [-0.3, -0.25) is 4.90 Å². The first-order valence-electron chi connectivity index (χ1n) is 7.68. The number of sulfone groups is 1. The molecule has 22 heavy (non-hydrogen) atoms. The summed E-state index contributed by atoms with van der Waals surface area (Å²) in [5.41, 5.74) is 1.05. The third-order valence-corrected chi connectivity index (χ3v) is 6.34. The average molecular weight is 345 g/mol. The number of aromatic nitrogens is 1. The Hall–Kier alpha value is -0.690. The molecule has 2 atom stereocenters. The van der Waals surface area contributed by atoms with E-state index in [4.69, 9.17) is 16.3 Å². The van der Waals surface area contributed by atoms with Gasteiger partial charge in [-0.1, -0.05) is 17.7 Å². The van der Waals surface area contributed by atoms with E-state index < -0.39 is 9.84 Å². The molecule has 0 N–H and O–H groups in total. The molecule has 0 aromatic carbocycles. The van der Waals surface area contributed by atoms with Crippen molar-refractivity contribution in [1.82, 2.24) is 9.88 Å². The molecule has 0 amide bonds. The molecule has 2 saturated heterocycles. The SMILES string of the molecule is O=S1(=O)CCC(N(Cc2ccc(Cl)nc2)CC2CCCO2)C1. The van der Waals surface area contributed by atoms with Gasteiger partial charge < -0.3 is 4.74 Å². The maximum absolute atomic E-state index is 11.8. The molecular weight excluding hydrogens is 324 g/mol. The normalized spacial score (nSPS) is 27.5. The lowest BCUT2D eigenvalue weighted by molar-refractivity contribution is 0.0574. The maximum atomic E-state index is 11.8. The van der Waals surface area contributed by atoms with Crippen LogP contribution >= 0.6 is 11.6 Å². The Labute approximate surface area is 136 Å². The van der Waals surface area contributed by atoms with Crippen molar-refractivity contribution in [2.24, 2.45) is 0 Å². The standard InChI is InChI=1S/C15H21ClN2O3S/c16-15-4-3-12(8-17-15)9-18(10-14-2-1-6-21-14)13-5-7-22(19,20)11-13/h3-4,8,13-14H,1-2,5-7,9-11H2. The molecular formula is C15H21ClN2O3S. The van der Waals surface area contributed by atoms with Crippen LogP contribution in [0.4, 0.5) is 0 Å².